The van der Waals surface area contributed by atoms with E-state index in [1.807, 2.05) is 25.1 Å². The molecule has 3 aliphatic carbocycles. The van der Waals surface area contributed by atoms with Crippen LogP contribution in [0, 0.1) is 11.3 Å². The number of nitrogens with zero attached hydrogens (tertiary/aromatic N) is 1. The van der Waals surface area contributed by atoms with E-state index in [2.05, 4.69) is 10.3 Å². The molecule has 2 heterocycles. The first-order chi connectivity index (χ1) is 34.0. The summed E-state index contributed by atoms with van der Waals surface area (Å²) in [6, 6.07) is 20.6. The second-order valence-corrected chi connectivity index (χ2v) is 21.0. The number of methoxy groups -OCH3 is 2. The Morgan fingerprint density at radius 2 is 1.65 bits per heavy atom. The summed E-state index contributed by atoms with van der Waals surface area (Å²) in [7, 11) is 5.65. The quantitative estimate of drug-likeness (QED) is 0.0379. The number of carbonyl (C=O) groups excluding carboxylic acids is 6. The molecule has 2 bridgehead atoms. The highest BCUT2D eigenvalue weighted by Crippen LogP contribution is 2.67. The van der Waals surface area contributed by atoms with Crippen LogP contribution in [0.5, 0.6) is 0 Å². The highest BCUT2D eigenvalue weighted by molar-refractivity contribution is 8.76. The molecule has 3 fully saturated rings. The summed E-state index contributed by atoms with van der Waals surface area (Å²) < 4.78 is 49.3. The third-order valence-corrected chi connectivity index (χ3v) is 16.6. The van der Waals surface area contributed by atoms with Crippen LogP contribution in [0.3, 0.4) is 0 Å². The first-order valence-corrected chi connectivity index (χ1v) is 26.0. The predicted molar refractivity (Wildman–Crippen MR) is 260 cm³/mol. The number of carbonyl (C=O) groups is 6. The minimum atomic E-state index is -2.32. The van der Waals surface area contributed by atoms with E-state index in [9.17, 15) is 24.3 Å². The lowest BCUT2D eigenvalue weighted by Gasteiger charge is -2.67. The largest absolute Gasteiger partial charge is 0.455 e. The Morgan fingerprint density at radius 3 is 2.27 bits per heavy atom. The van der Waals surface area contributed by atoms with Gasteiger partial charge in [0.1, 0.15) is 35.0 Å². The first-order valence-electron chi connectivity index (χ1n) is 23.7. The van der Waals surface area contributed by atoms with Gasteiger partial charge in [-0.15, -0.1) is 0 Å². The number of aliphatic hydroxyl groups is 1. The van der Waals surface area contributed by atoms with Crippen LogP contribution in [0.25, 0.3) is 0 Å². The molecule has 4 aliphatic rings. The lowest BCUT2D eigenvalue weighted by Crippen LogP contribution is -2.82. The van der Waals surface area contributed by atoms with Crippen molar-refractivity contribution in [3.8, 4) is 0 Å². The smallest absolute Gasteiger partial charge is 0.407 e. The van der Waals surface area contributed by atoms with Gasteiger partial charge in [0.25, 0.3) is 0 Å². The molecule has 1 amide bonds. The van der Waals surface area contributed by atoms with Gasteiger partial charge in [0.05, 0.1) is 36.2 Å². The van der Waals surface area contributed by atoms with Crippen molar-refractivity contribution in [3.63, 3.8) is 0 Å². The Bertz CT molecular complexity index is 2440. The number of unbranched alkanes of at least 4 members (excludes halogenated alkanes) is 1. The summed E-state index contributed by atoms with van der Waals surface area (Å²) in [6.45, 7) is 7.55. The third-order valence-electron chi connectivity index (χ3n) is 14.2. The molecule has 2 saturated carbocycles. The van der Waals surface area contributed by atoms with Crippen molar-refractivity contribution in [2.75, 3.05) is 33.2 Å². The molecular formula is C52H62N2O15S2. The molecule has 3 aromatic rings. The van der Waals surface area contributed by atoms with E-state index in [-0.39, 0.29) is 42.8 Å². The zero-order chi connectivity index (χ0) is 51.1. The van der Waals surface area contributed by atoms with Crippen LogP contribution in [0.4, 0.5) is 4.79 Å². The lowest BCUT2D eigenvalue weighted by atomic mass is 9.47. The van der Waals surface area contributed by atoms with Gasteiger partial charge in [-0.3, -0.25) is 14.4 Å². The number of benzene rings is 2. The molecule has 1 saturated heterocycles. The number of hydrogen-bond donors (Lipinski definition) is 2. The number of fused-ring (bicyclic) bond motifs is 6. The van der Waals surface area contributed by atoms with Crippen molar-refractivity contribution in [1.29, 1.82) is 0 Å². The van der Waals surface area contributed by atoms with Crippen LogP contribution in [0.15, 0.2) is 101 Å². The number of rotatable bonds is 20. The van der Waals surface area contributed by atoms with Gasteiger partial charge in [-0.05, 0) is 79.8 Å². The summed E-state index contributed by atoms with van der Waals surface area (Å²) in [6.07, 6.45) is -4.83. The number of amides is 1. The molecule has 2 N–H and O–H groups in total. The number of alkyl carbamates (subject to hydrolysis) is 1. The molecular weight excluding hydrogens is 957 g/mol. The Hall–Kier alpha value is -5.31. The minimum Gasteiger partial charge on any atom is -0.455 e. The highest BCUT2D eigenvalue weighted by Gasteiger charge is 2.82. The molecule has 0 radical (unpaired) electrons. The predicted octanol–water partition coefficient (Wildman–Crippen LogP) is 7.10. The van der Waals surface area contributed by atoms with Crippen molar-refractivity contribution in [1.82, 2.24) is 10.3 Å². The van der Waals surface area contributed by atoms with Crippen molar-refractivity contribution < 1.29 is 71.8 Å². The molecule has 0 unspecified atom stereocenters. The van der Waals surface area contributed by atoms with Crippen LogP contribution < -0.4 is 5.32 Å². The number of aromatic nitrogens is 1. The second-order valence-electron chi connectivity index (χ2n) is 18.6. The van der Waals surface area contributed by atoms with E-state index in [4.69, 9.17) is 37.9 Å². The molecule has 1 aromatic heterocycles. The van der Waals surface area contributed by atoms with Crippen molar-refractivity contribution >= 4 is 57.3 Å². The maximum atomic E-state index is 15.6. The molecule has 382 valence electrons. The van der Waals surface area contributed by atoms with Gasteiger partial charge in [0, 0.05) is 57.9 Å². The molecule has 19 heteroatoms. The summed E-state index contributed by atoms with van der Waals surface area (Å²) in [4.78, 5) is 90.6. The van der Waals surface area contributed by atoms with Gasteiger partial charge in [0.2, 0.25) is 6.10 Å². The SMILES string of the molecule is CCCCOC(=O)N[C@@H](c1ccccc1)[C@@H](OC(=O)CCCSSc1ccccn1)C(=O)O[C@H]1C[C@]2(OC(=O)c3ccccc3)[C@@H]3[C@]4(OC(C)=O)CO[C@@H]4C[C@H](OC)[C@@]3(C)C(=O)[C@H](OC)C(=C1C)[C@@]2(C)O. The van der Waals surface area contributed by atoms with E-state index in [1.165, 1.54) is 61.8 Å². The van der Waals surface area contributed by atoms with Gasteiger partial charge < -0.3 is 48.3 Å². The van der Waals surface area contributed by atoms with Crippen molar-refractivity contribution in [3.05, 3.63) is 107 Å². The Labute approximate surface area is 421 Å². The zero-order valence-corrected chi connectivity index (χ0v) is 42.5. The number of esters is 4. The van der Waals surface area contributed by atoms with Crippen LogP contribution in [0.1, 0.15) is 95.1 Å². The third kappa shape index (κ3) is 10.5. The number of nitrogens with one attached hydrogen (secondary N) is 1. The van der Waals surface area contributed by atoms with Crippen molar-refractivity contribution in [2.45, 2.75) is 132 Å². The summed E-state index contributed by atoms with van der Waals surface area (Å²) in [5.74, 6) is -5.03. The van der Waals surface area contributed by atoms with Gasteiger partial charge in [-0.2, -0.15) is 0 Å². The monoisotopic (exact) mass is 1020 g/mol. The fourth-order valence-electron chi connectivity index (χ4n) is 10.9. The fourth-order valence-corrected chi connectivity index (χ4v) is 12.9. The topological polar surface area (TPSA) is 221 Å². The van der Waals surface area contributed by atoms with Gasteiger partial charge in [-0.1, -0.05) is 78.7 Å². The van der Waals surface area contributed by atoms with Crippen LogP contribution in [-0.4, -0.2) is 126 Å². The second kappa shape index (κ2) is 22.6. The van der Waals surface area contributed by atoms with E-state index < -0.39 is 107 Å². The average molecular weight is 1020 g/mol. The van der Waals surface area contributed by atoms with E-state index in [1.54, 1.807) is 68.6 Å². The lowest BCUT2D eigenvalue weighted by molar-refractivity contribution is -0.356. The molecule has 2 aromatic carbocycles. The van der Waals surface area contributed by atoms with Crippen LogP contribution in [0.2, 0.25) is 0 Å². The maximum Gasteiger partial charge on any atom is 0.407 e. The van der Waals surface area contributed by atoms with Gasteiger partial charge in [-0.25, -0.2) is 19.4 Å². The molecule has 1 aliphatic heterocycles. The van der Waals surface area contributed by atoms with Crippen LogP contribution >= 0.6 is 21.6 Å². The van der Waals surface area contributed by atoms with E-state index >= 15 is 9.59 Å². The summed E-state index contributed by atoms with van der Waals surface area (Å²) >= 11 is 0. The highest BCUT2D eigenvalue weighted by atomic mass is 33.1. The normalized spacial score (nSPS) is 29.4. The van der Waals surface area contributed by atoms with Gasteiger partial charge in [0.15, 0.2) is 17.0 Å². The first kappa shape index (κ1) is 53.5. The minimum absolute atomic E-state index is 0.0676. The van der Waals surface area contributed by atoms with E-state index in [0.29, 0.717) is 24.2 Å². The maximum absolute atomic E-state index is 15.6. The molecule has 0 spiro atoms. The number of hydrogen-bond acceptors (Lipinski definition) is 18. The number of ketones is 1. The summed E-state index contributed by atoms with van der Waals surface area (Å²) in [5.41, 5.74) is -7.51. The molecule has 7 rings (SSSR count). The van der Waals surface area contributed by atoms with E-state index in [0.717, 1.165) is 11.4 Å². The summed E-state index contributed by atoms with van der Waals surface area (Å²) in [5, 5.41) is 17.0. The average Bonchev–Trinajstić information content (AvgIpc) is 3.37. The molecule has 71 heavy (non-hydrogen) atoms. The number of Topliss-reactive ketones (excluding diaryl/α,β-unsaturated/α-hetero) is 1. The molecule has 17 nitrogen and oxygen atoms in total. The Morgan fingerprint density at radius 1 is 0.944 bits per heavy atom. The fraction of sp³-hybridized carbons (Fsp3) is 0.519. The number of pyridine rings is 1. The Kier molecular flexibility index (Phi) is 17.0. The van der Waals surface area contributed by atoms with Crippen molar-refractivity contribution in [2.24, 2.45) is 11.3 Å². The standard InChI is InChI=1S/C52H62N2O15S2/c1-8-9-26-64-48(60)54-41(33-19-12-10-13-20-33)43(67-39(56)24-18-27-70-71-38-23-16-17-25-53-38)46(59)66-35-29-52(69-45(58)34-21-14-11-15-22-34)47-49(4,44(57)42(63-7)40(31(35)2)50(52,5)61)36(62-6)28-37-51(47,30-65-37)68-32(3)55/h10-17,19-23,25,35-37,41-43,47,61H,8-9,18,24,26-30H2,1-7H3,(H,54,60)/t35-,36-,37+,41-,42+,43+,47-,49-,50+,51-,52-/m0/s1. The number of ether oxygens (including phenoxy) is 8. The van der Waals surface area contributed by atoms with Gasteiger partial charge >= 0.3 is 30.0 Å². The molecule has 11 atom stereocenters. The van der Waals surface area contributed by atoms with Crippen LogP contribution in [-0.2, 0) is 57.1 Å². The Balaban J connectivity index is 1.34. The zero-order valence-electron chi connectivity index (χ0n) is 40.9.